The van der Waals surface area contributed by atoms with Crippen molar-refractivity contribution in [2.75, 3.05) is 5.32 Å². The normalized spacial score (nSPS) is 18.2. The number of amides is 1. The fourth-order valence-electron chi connectivity index (χ4n) is 4.54. The highest BCUT2D eigenvalue weighted by Crippen LogP contribution is 2.29. The van der Waals surface area contributed by atoms with Crippen LogP contribution in [0.1, 0.15) is 41.8 Å². The van der Waals surface area contributed by atoms with Gasteiger partial charge in [0.05, 0.1) is 5.52 Å². The number of nitrogens with one attached hydrogen (secondary N) is 2. The Hall–Kier alpha value is -3.38. The summed E-state index contributed by atoms with van der Waals surface area (Å²) in [6, 6.07) is 17.9. The highest BCUT2D eigenvalue weighted by atomic mass is 35.5. The molecule has 0 saturated heterocycles. The van der Waals surface area contributed by atoms with Gasteiger partial charge in [0, 0.05) is 39.9 Å². The van der Waals surface area contributed by atoms with E-state index >= 15 is 0 Å². The third-order valence-corrected chi connectivity index (χ3v) is 6.50. The van der Waals surface area contributed by atoms with Crippen LogP contribution in [0.15, 0.2) is 65.3 Å². The fraction of sp³-hybridized carbons (Fsp3) is 0.269. The van der Waals surface area contributed by atoms with Gasteiger partial charge in [-0.2, -0.15) is 0 Å². The second kappa shape index (κ2) is 9.24. The Morgan fingerprint density at radius 1 is 1.03 bits per heavy atom. The topological polar surface area (TPSA) is 80.0 Å². The first-order chi connectivity index (χ1) is 16.1. The quantitative estimate of drug-likeness (QED) is 0.381. The summed E-state index contributed by atoms with van der Waals surface area (Å²) in [7, 11) is 0. The first kappa shape index (κ1) is 21.5. The van der Waals surface area contributed by atoms with E-state index in [4.69, 9.17) is 16.1 Å². The maximum Gasteiger partial charge on any atom is 0.257 e. The highest BCUT2D eigenvalue weighted by Gasteiger charge is 2.27. The molecule has 0 spiro atoms. The SMILES string of the molecule is Cc1onc(-c2ccccc2)c1C(=O)N[C@H]1CC[C@@H](Nc2ccnc3cc(Cl)ccc23)CC1. The van der Waals surface area contributed by atoms with Gasteiger partial charge in [-0.25, -0.2) is 0 Å². The summed E-state index contributed by atoms with van der Waals surface area (Å²) < 4.78 is 5.35. The van der Waals surface area contributed by atoms with E-state index in [9.17, 15) is 4.79 Å². The van der Waals surface area contributed by atoms with Crippen molar-refractivity contribution in [3.8, 4) is 11.3 Å². The number of fused-ring (bicyclic) bond motifs is 1. The number of carbonyl (C=O) groups is 1. The Morgan fingerprint density at radius 3 is 2.58 bits per heavy atom. The van der Waals surface area contributed by atoms with Crippen LogP contribution in [0.3, 0.4) is 0 Å². The van der Waals surface area contributed by atoms with Gasteiger partial charge in [0.25, 0.3) is 5.91 Å². The molecule has 4 aromatic rings. The van der Waals surface area contributed by atoms with Gasteiger partial charge in [0.15, 0.2) is 0 Å². The van der Waals surface area contributed by atoms with Crippen LogP contribution in [0.2, 0.25) is 5.02 Å². The lowest BCUT2D eigenvalue weighted by molar-refractivity contribution is 0.0925. The maximum atomic E-state index is 13.1. The van der Waals surface area contributed by atoms with Gasteiger partial charge in [0.1, 0.15) is 17.0 Å². The number of carbonyl (C=O) groups excluding carboxylic acids is 1. The molecule has 0 atom stereocenters. The van der Waals surface area contributed by atoms with Crippen LogP contribution in [0, 0.1) is 6.92 Å². The van der Waals surface area contributed by atoms with E-state index < -0.39 is 0 Å². The monoisotopic (exact) mass is 460 g/mol. The number of aromatic nitrogens is 2. The number of benzene rings is 2. The van der Waals surface area contributed by atoms with E-state index in [-0.39, 0.29) is 11.9 Å². The van der Waals surface area contributed by atoms with Crippen LogP contribution < -0.4 is 10.6 Å². The molecule has 2 N–H and O–H groups in total. The third kappa shape index (κ3) is 4.57. The molecule has 1 fully saturated rings. The third-order valence-electron chi connectivity index (χ3n) is 6.26. The van der Waals surface area contributed by atoms with Crippen molar-refractivity contribution in [2.24, 2.45) is 0 Å². The van der Waals surface area contributed by atoms with E-state index in [1.165, 1.54) is 0 Å². The van der Waals surface area contributed by atoms with Crippen molar-refractivity contribution >= 4 is 34.1 Å². The van der Waals surface area contributed by atoms with Crippen molar-refractivity contribution in [3.05, 3.63) is 77.1 Å². The largest absolute Gasteiger partial charge is 0.382 e. The molecule has 2 aromatic carbocycles. The summed E-state index contributed by atoms with van der Waals surface area (Å²) in [6.07, 6.45) is 5.55. The predicted molar refractivity (Wildman–Crippen MR) is 131 cm³/mol. The zero-order valence-electron chi connectivity index (χ0n) is 18.3. The summed E-state index contributed by atoms with van der Waals surface area (Å²) >= 11 is 6.11. The van der Waals surface area contributed by atoms with Gasteiger partial charge in [-0.1, -0.05) is 47.1 Å². The van der Waals surface area contributed by atoms with Crippen LogP contribution in [-0.4, -0.2) is 28.1 Å². The Labute approximate surface area is 197 Å². The molecule has 1 amide bonds. The molecule has 33 heavy (non-hydrogen) atoms. The molecule has 1 aliphatic rings. The minimum absolute atomic E-state index is 0.124. The van der Waals surface area contributed by atoms with Crippen molar-refractivity contribution < 1.29 is 9.32 Å². The van der Waals surface area contributed by atoms with Gasteiger partial charge >= 0.3 is 0 Å². The lowest BCUT2D eigenvalue weighted by atomic mass is 9.90. The first-order valence-electron chi connectivity index (χ1n) is 11.2. The minimum Gasteiger partial charge on any atom is -0.382 e. The molecule has 0 aliphatic heterocycles. The number of anilines is 1. The molecule has 168 valence electrons. The number of pyridine rings is 1. The van der Waals surface area contributed by atoms with Crippen molar-refractivity contribution in [1.82, 2.24) is 15.5 Å². The summed E-state index contributed by atoms with van der Waals surface area (Å²) in [5.41, 5.74) is 3.93. The molecule has 0 bridgehead atoms. The Morgan fingerprint density at radius 2 is 1.79 bits per heavy atom. The molecular formula is C26H25ClN4O2. The number of rotatable bonds is 5. The maximum absolute atomic E-state index is 13.1. The lowest BCUT2D eigenvalue weighted by Gasteiger charge is -2.30. The van der Waals surface area contributed by atoms with E-state index in [0.29, 0.717) is 28.1 Å². The molecule has 1 saturated carbocycles. The smallest absolute Gasteiger partial charge is 0.257 e. The number of halogens is 1. The van der Waals surface area contributed by atoms with Gasteiger partial charge in [-0.3, -0.25) is 9.78 Å². The fourth-order valence-corrected chi connectivity index (χ4v) is 4.71. The summed E-state index contributed by atoms with van der Waals surface area (Å²) in [6.45, 7) is 1.78. The van der Waals surface area contributed by atoms with Crippen molar-refractivity contribution in [1.29, 1.82) is 0 Å². The average Bonchev–Trinajstić information content (AvgIpc) is 3.22. The summed E-state index contributed by atoms with van der Waals surface area (Å²) in [5, 5.41) is 12.7. The lowest BCUT2D eigenvalue weighted by Crippen LogP contribution is -2.40. The number of hydrogen-bond acceptors (Lipinski definition) is 5. The first-order valence-corrected chi connectivity index (χ1v) is 11.6. The highest BCUT2D eigenvalue weighted by molar-refractivity contribution is 6.31. The Kier molecular flexibility index (Phi) is 6.01. The molecule has 7 heteroatoms. The second-order valence-corrected chi connectivity index (χ2v) is 8.95. The molecule has 6 nitrogen and oxygen atoms in total. The standard InChI is InChI=1S/C26H25ClN4O2/c1-16-24(25(31-33-16)17-5-3-2-4-6-17)26(32)30-20-10-8-19(9-11-20)29-22-13-14-28-23-15-18(27)7-12-21(22)23/h2-7,12-15,19-20H,8-11H2,1H3,(H,28,29)(H,30,32)/t19-,20+. The summed E-state index contributed by atoms with van der Waals surface area (Å²) in [5.74, 6) is 0.410. The van der Waals surface area contributed by atoms with Gasteiger partial charge in [-0.15, -0.1) is 0 Å². The van der Waals surface area contributed by atoms with E-state index in [0.717, 1.165) is 47.8 Å². The van der Waals surface area contributed by atoms with E-state index in [1.807, 2.05) is 54.6 Å². The zero-order chi connectivity index (χ0) is 22.8. The molecular weight excluding hydrogens is 436 g/mol. The van der Waals surface area contributed by atoms with E-state index in [2.05, 4.69) is 20.8 Å². The number of hydrogen-bond donors (Lipinski definition) is 2. The summed E-state index contributed by atoms with van der Waals surface area (Å²) in [4.78, 5) is 17.5. The van der Waals surface area contributed by atoms with Gasteiger partial charge in [0.2, 0.25) is 0 Å². The van der Waals surface area contributed by atoms with Crippen LogP contribution in [0.4, 0.5) is 5.69 Å². The Bertz CT molecular complexity index is 1280. The van der Waals surface area contributed by atoms with Crippen LogP contribution in [0.25, 0.3) is 22.2 Å². The molecule has 2 heterocycles. The number of aryl methyl sites for hydroxylation is 1. The molecule has 5 rings (SSSR count). The van der Waals surface area contributed by atoms with Gasteiger partial charge in [-0.05, 0) is 56.9 Å². The minimum atomic E-state index is -0.124. The molecule has 0 radical (unpaired) electrons. The van der Waals surface area contributed by atoms with E-state index in [1.54, 1.807) is 13.1 Å². The molecule has 2 aromatic heterocycles. The van der Waals surface area contributed by atoms with Crippen LogP contribution >= 0.6 is 11.6 Å². The van der Waals surface area contributed by atoms with Crippen LogP contribution in [-0.2, 0) is 0 Å². The molecule has 0 unspecified atom stereocenters. The zero-order valence-corrected chi connectivity index (χ0v) is 19.1. The average molecular weight is 461 g/mol. The second-order valence-electron chi connectivity index (χ2n) is 8.51. The number of nitrogens with zero attached hydrogens (tertiary/aromatic N) is 2. The van der Waals surface area contributed by atoms with Crippen LogP contribution in [0.5, 0.6) is 0 Å². The molecule has 1 aliphatic carbocycles. The van der Waals surface area contributed by atoms with Crippen molar-refractivity contribution in [3.63, 3.8) is 0 Å². The van der Waals surface area contributed by atoms with Gasteiger partial charge < -0.3 is 15.2 Å². The predicted octanol–water partition coefficient (Wildman–Crippen LogP) is 6.00. The van der Waals surface area contributed by atoms with Crippen molar-refractivity contribution in [2.45, 2.75) is 44.7 Å². The Balaban J connectivity index is 1.22.